The molecule has 0 bridgehead atoms. The Morgan fingerprint density at radius 1 is 1.36 bits per heavy atom. The maximum atomic E-state index is 12.8. The molecule has 0 radical (unpaired) electrons. The van der Waals surface area contributed by atoms with E-state index in [1.807, 2.05) is 30.5 Å². The number of fused-ring (bicyclic) bond motifs is 1. The molecule has 2 unspecified atom stereocenters. The van der Waals surface area contributed by atoms with E-state index < -0.39 is 18.1 Å². The fourth-order valence-corrected chi connectivity index (χ4v) is 3.66. The van der Waals surface area contributed by atoms with Crippen molar-refractivity contribution in [1.82, 2.24) is 4.98 Å². The predicted molar refractivity (Wildman–Crippen MR) is 110 cm³/mol. The highest BCUT2D eigenvalue weighted by atomic mass is 32.1. The zero-order valence-electron chi connectivity index (χ0n) is 16.9. The molecule has 150 valence electrons. The van der Waals surface area contributed by atoms with Crippen molar-refractivity contribution in [2.75, 3.05) is 11.5 Å². The number of hydrogen-bond donors (Lipinski definition) is 0. The van der Waals surface area contributed by atoms with Gasteiger partial charge in [-0.3, -0.25) is 9.69 Å². The minimum Gasteiger partial charge on any atom is -0.479 e. The summed E-state index contributed by atoms with van der Waals surface area (Å²) < 4.78 is 11.2. The second kappa shape index (κ2) is 8.31. The molecule has 7 heteroatoms. The van der Waals surface area contributed by atoms with Gasteiger partial charge in [0.15, 0.2) is 6.10 Å². The Morgan fingerprint density at radius 2 is 2.11 bits per heavy atom. The highest BCUT2D eigenvalue weighted by Crippen LogP contribution is 2.39. The Labute approximate surface area is 169 Å². The van der Waals surface area contributed by atoms with E-state index in [1.165, 1.54) is 4.90 Å². The van der Waals surface area contributed by atoms with E-state index in [1.54, 1.807) is 25.2 Å². The van der Waals surface area contributed by atoms with Gasteiger partial charge in [-0.05, 0) is 51.3 Å². The summed E-state index contributed by atoms with van der Waals surface area (Å²) in [5, 5.41) is 2.94. The molecule has 0 saturated heterocycles. The molecular weight excluding hydrogens is 376 g/mol. The lowest BCUT2D eigenvalue weighted by molar-refractivity contribution is -0.147. The third-order valence-electron chi connectivity index (χ3n) is 4.69. The molecule has 1 aromatic heterocycles. The topological polar surface area (TPSA) is 68.7 Å². The second-order valence-corrected chi connectivity index (χ2v) is 8.49. The summed E-state index contributed by atoms with van der Waals surface area (Å²) in [6.07, 6.45) is 0.126. The van der Waals surface area contributed by atoms with Crippen LogP contribution >= 0.6 is 11.3 Å². The Hall–Kier alpha value is -2.41. The van der Waals surface area contributed by atoms with Crippen LogP contribution in [0.3, 0.4) is 0 Å². The monoisotopic (exact) mass is 402 g/mol. The molecule has 28 heavy (non-hydrogen) atoms. The van der Waals surface area contributed by atoms with Gasteiger partial charge >= 0.3 is 5.97 Å². The Morgan fingerprint density at radius 3 is 2.75 bits per heavy atom. The van der Waals surface area contributed by atoms with Gasteiger partial charge in [-0.2, -0.15) is 0 Å². The van der Waals surface area contributed by atoms with Crippen molar-refractivity contribution in [1.29, 1.82) is 0 Å². The lowest BCUT2D eigenvalue weighted by Crippen LogP contribution is -2.52. The summed E-state index contributed by atoms with van der Waals surface area (Å²) in [6.45, 7) is 9.82. The number of benzene rings is 1. The number of aryl methyl sites for hydroxylation is 1. The number of thiazole rings is 1. The molecule has 1 aromatic carbocycles. The molecule has 0 spiro atoms. The van der Waals surface area contributed by atoms with Crippen molar-refractivity contribution < 1.29 is 19.1 Å². The van der Waals surface area contributed by atoms with E-state index in [0.29, 0.717) is 24.0 Å². The summed E-state index contributed by atoms with van der Waals surface area (Å²) in [5.41, 5.74) is 2.28. The number of carbonyl (C=O) groups is 2. The van der Waals surface area contributed by atoms with Gasteiger partial charge in [0, 0.05) is 10.9 Å². The van der Waals surface area contributed by atoms with E-state index >= 15 is 0 Å². The summed E-state index contributed by atoms with van der Waals surface area (Å²) in [6, 6.07) is 4.86. The van der Waals surface area contributed by atoms with Crippen LogP contribution in [0.15, 0.2) is 23.6 Å². The van der Waals surface area contributed by atoms with Crippen molar-refractivity contribution >= 4 is 28.9 Å². The smallest absolute Gasteiger partial charge is 0.328 e. The van der Waals surface area contributed by atoms with Gasteiger partial charge in [0.2, 0.25) is 0 Å². The first kappa shape index (κ1) is 20.3. The fourth-order valence-electron chi connectivity index (χ4n) is 3.04. The van der Waals surface area contributed by atoms with Crippen LogP contribution in [-0.4, -0.2) is 35.6 Å². The molecule has 0 saturated carbocycles. The predicted octanol–water partition coefficient (Wildman–Crippen LogP) is 4.21. The first-order valence-corrected chi connectivity index (χ1v) is 10.4. The average Bonchev–Trinajstić information content (AvgIpc) is 3.08. The van der Waals surface area contributed by atoms with Crippen molar-refractivity contribution in [2.45, 2.75) is 53.2 Å². The molecule has 6 nitrogen and oxygen atoms in total. The SMILES string of the molecule is Cc1nc(-c2ccc3c(c2)N(C(C)C(=O)OCCC(C)C)C(=O)C(C)O3)cs1. The van der Waals surface area contributed by atoms with Gasteiger partial charge in [-0.15, -0.1) is 11.3 Å². The van der Waals surface area contributed by atoms with Crippen LogP contribution < -0.4 is 9.64 Å². The van der Waals surface area contributed by atoms with Crippen molar-refractivity contribution in [3.63, 3.8) is 0 Å². The quantitative estimate of drug-likeness (QED) is 0.677. The third-order valence-corrected chi connectivity index (χ3v) is 5.46. The van der Waals surface area contributed by atoms with E-state index in [0.717, 1.165) is 22.7 Å². The van der Waals surface area contributed by atoms with Crippen LogP contribution in [0.1, 0.15) is 39.1 Å². The van der Waals surface area contributed by atoms with Gasteiger partial charge in [0.05, 0.1) is 23.0 Å². The zero-order chi connectivity index (χ0) is 20.4. The fraction of sp³-hybridized carbons (Fsp3) is 0.476. The molecule has 2 heterocycles. The van der Waals surface area contributed by atoms with E-state index in [2.05, 4.69) is 18.8 Å². The number of hydrogen-bond acceptors (Lipinski definition) is 6. The molecule has 3 rings (SSSR count). The third kappa shape index (κ3) is 4.19. The summed E-state index contributed by atoms with van der Waals surface area (Å²) >= 11 is 1.56. The molecular formula is C21H26N2O4S. The first-order chi connectivity index (χ1) is 13.3. The normalized spacial score (nSPS) is 17.3. The molecule has 1 amide bonds. The van der Waals surface area contributed by atoms with Crippen LogP contribution in [0.25, 0.3) is 11.3 Å². The Balaban J connectivity index is 1.90. The first-order valence-electron chi connectivity index (χ1n) is 9.51. The Bertz CT molecular complexity index is 877. The molecule has 0 fully saturated rings. The van der Waals surface area contributed by atoms with Crippen molar-refractivity contribution in [2.24, 2.45) is 5.92 Å². The van der Waals surface area contributed by atoms with Crippen molar-refractivity contribution in [3.8, 4) is 17.0 Å². The van der Waals surface area contributed by atoms with E-state index in [9.17, 15) is 9.59 Å². The number of ether oxygens (including phenoxy) is 2. The highest BCUT2D eigenvalue weighted by Gasteiger charge is 2.38. The summed E-state index contributed by atoms with van der Waals surface area (Å²) in [4.78, 5) is 31.4. The molecule has 1 aliphatic heterocycles. The Kier molecular flexibility index (Phi) is 6.03. The highest BCUT2D eigenvalue weighted by molar-refractivity contribution is 7.09. The van der Waals surface area contributed by atoms with E-state index in [4.69, 9.17) is 9.47 Å². The van der Waals surface area contributed by atoms with Gasteiger partial charge in [0.1, 0.15) is 11.8 Å². The number of rotatable bonds is 6. The molecule has 0 N–H and O–H groups in total. The maximum absolute atomic E-state index is 12.8. The van der Waals surface area contributed by atoms with Crippen LogP contribution in [0.5, 0.6) is 5.75 Å². The van der Waals surface area contributed by atoms with Crippen LogP contribution in [0.4, 0.5) is 5.69 Å². The minimum absolute atomic E-state index is 0.257. The number of aromatic nitrogens is 1. The zero-order valence-corrected chi connectivity index (χ0v) is 17.7. The minimum atomic E-state index is -0.739. The van der Waals surface area contributed by atoms with Gasteiger partial charge in [-0.1, -0.05) is 13.8 Å². The maximum Gasteiger partial charge on any atom is 0.328 e. The second-order valence-electron chi connectivity index (χ2n) is 7.43. The standard InChI is InChI=1S/C21H26N2O4S/c1-12(2)8-9-26-21(25)13(3)23-18-10-16(17-11-28-15(5)22-17)6-7-19(18)27-14(4)20(23)24/h6-7,10-14H,8-9H2,1-5H3. The molecule has 2 atom stereocenters. The van der Waals surface area contributed by atoms with Crippen LogP contribution in [-0.2, 0) is 14.3 Å². The largest absolute Gasteiger partial charge is 0.479 e. The van der Waals surface area contributed by atoms with Crippen molar-refractivity contribution in [3.05, 3.63) is 28.6 Å². The lowest BCUT2D eigenvalue weighted by Gasteiger charge is -2.36. The van der Waals surface area contributed by atoms with Crippen LogP contribution in [0.2, 0.25) is 0 Å². The van der Waals surface area contributed by atoms with Gasteiger partial charge in [-0.25, -0.2) is 9.78 Å². The number of nitrogens with zero attached hydrogens (tertiary/aromatic N) is 2. The number of esters is 1. The lowest BCUT2D eigenvalue weighted by atomic mass is 10.1. The van der Waals surface area contributed by atoms with E-state index in [-0.39, 0.29) is 5.91 Å². The summed E-state index contributed by atoms with van der Waals surface area (Å²) in [7, 11) is 0. The van der Waals surface area contributed by atoms with Crippen LogP contribution in [0, 0.1) is 12.8 Å². The molecule has 2 aromatic rings. The number of carbonyl (C=O) groups excluding carboxylic acids is 2. The summed E-state index contributed by atoms with van der Waals surface area (Å²) in [5.74, 6) is 0.346. The number of amides is 1. The molecule has 0 aliphatic carbocycles. The molecule has 1 aliphatic rings. The van der Waals surface area contributed by atoms with Gasteiger partial charge < -0.3 is 9.47 Å². The average molecular weight is 403 g/mol. The number of anilines is 1. The van der Waals surface area contributed by atoms with Gasteiger partial charge in [0.25, 0.3) is 5.91 Å².